The number of aliphatic hydroxyl groups is 1. The van der Waals surface area contributed by atoms with Gasteiger partial charge in [0.2, 0.25) is 5.91 Å². The third kappa shape index (κ3) is 4.76. The van der Waals surface area contributed by atoms with Gasteiger partial charge in [0.1, 0.15) is 5.82 Å². The summed E-state index contributed by atoms with van der Waals surface area (Å²) >= 11 is 6.28. The van der Waals surface area contributed by atoms with Crippen molar-refractivity contribution in [1.29, 1.82) is 0 Å². The Kier molecular flexibility index (Phi) is 6.42. The van der Waals surface area contributed by atoms with E-state index in [4.69, 9.17) is 16.3 Å². The SMILES string of the molecule is O=C(N[C@@H](CO)c1ccc(F)c(N2CCOCC2)c1)C1CC1=C1CCCC(Cl)C1. The van der Waals surface area contributed by atoms with Crippen LogP contribution in [0.3, 0.4) is 0 Å². The average Bonchev–Trinajstić information content (AvgIpc) is 3.54. The van der Waals surface area contributed by atoms with Gasteiger partial charge in [-0.1, -0.05) is 17.2 Å². The molecule has 2 aliphatic carbocycles. The maximum Gasteiger partial charge on any atom is 0.228 e. The lowest BCUT2D eigenvalue weighted by atomic mass is 9.93. The standard InChI is InChI=1S/C22H28ClFN2O3/c23-16-3-1-2-14(10-16)17-12-18(17)22(28)25-20(13-27)15-4-5-19(24)21(11-15)26-6-8-29-9-7-26/h4-5,11,16,18,20,27H,1-3,6-10,12-13H2,(H,25,28)/t16?,18?,20-/m0/s1. The summed E-state index contributed by atoms with van der Waals surface area (Å²) in [4.78, 5) is 14.7. The number of carbonyl (C=O) groups excluding carboxylic acids is 1. The van der Waals surface area contributed by atoms with Crippen LogP contribution in [0.25, 0.3) is 0 Å². The number of benzene rings is 1. The van der Waals surface area contributed by atoms with Gasteiger partial charge in [0, 0.05) is 18.5 Å². The number of hydrogen-bond acceptors (Lipinski definition) is 4. The van der Waals surface area contributed by atoms with Gasteiger partial charge in [-0.2, -0.15) is 0 Å². The lowest BCUT2D eigenvalue weighted by molar-refractivity contribution is -0.123. The van der Waals surface area contributed by atoms with Crippen LogP contribution >= 0.6 is 11.6 Å². The second-order valence-corrected chi connectivity index (χ2v) is 8.75. The first kappa shape index (κ1) is 20.6. The number of rotatable bonds is 5. The molecule has 1 aromatic carbocycles. The Morgan fingerprint density at radius 1 is 1.34 bits per heavy atom. The maximum absolute atomic E-state index is 14.4. The van der Waals surface area contributed by atoms with Crippen molar-refractivity contribution in [3.63, 3.8) is 0 Å². The molecule has 29 heavy (non-hydrogen) atoms. The lowest BCUT2D eigenvalue weighted by Gasteiger charge is -2.30. The molecule has 0 radical (unpaired) electrons. The zero-order chi connectivity index (χ0) is 20.4. The zero-order valence-corrected chi connectivity index (χ0v) is 17.3. The number of anilines is 1. The molecule has 3 fully saturated rings. The summed E-state index contributed by atoms with van der Waals surface area (Å²) in [6.07, 6.45) is 4.82. The molecule has 3 atom stereocenters. The molecule has 7 heteroatoms. The number of hydrogen-bond donors (Lipinski definition) is 2. The van der Waals surface area contributed by atoms with Crippen molar-refractivity contribution in [3.8, 4) is 0 Å². The van der Waals surface area contributed by atoms with Gasteiger partial charge in [-0.15, -0.1) is 11.6 Å². The molecule has 2 N–H and O–H groups in total. The normalized spacial score (nSPS) is 28.2. The van der Waals surface area contributed by atoms with Crippen LogP contribution in [0.2, 0.25) is 0 Å². The highest BCUT2D eigenvalue weighted by atomic mass is 35.5. The number of nitrogens with one attached hydrogen (secondary N) is 1. The first-order valence-electron chi connectivity index (χ1n) is 10.4. The van der Waals surface area contributed by atoms with E-state index in [9.17, 15) is 14.3 Å². The van der Waals surface area contributed by atoms with Crippen LogP contribution in [-0.2, 0) is 9.53 Å². The maximum atomic E-state index is 14.4. The molecule has 1 saturated heterocycles. The highest BCUT2D eigenvalue weighted by Gasteiger charge is 2.40. The number of allylic oxidation sites excluding steroid dienone is 1. The van der Waals surface area contributed by atoms with Crippen LogP contribution in [0, 0.1) is 11.7 Å². The lowest BCUT2D eigenvalue weighted by Crippen LogP contribution is -2.37. The molecule has 5 nitrogen and oxygen atoms in total. The third-order valence-corrected chi connectivity index (χ3v) is 6.51. The van der Waals surface area contributed by atoms with Gasteiger partial charge >= 0.3 is 0 Å². The number of alkyl halides is 1. The van der Waals surface area contributed by atoms with Gasteiger partial charge in [-0.25, -0.2) is 4.39 Å². The van der Waals surface area contributed by atoms with Gasteiger partial charge < -0.3 is 20.1 Å². The number of carbonyl (C=O) groups is 1. The molecule has 1 aliphatic heterocycles. The van der Waals surface area contributed by atoms with E-state index in [0.717, 1.165) is 32.1 Å². The number of ether oxygens (including phenoxy) is 1. The molecule has 3 aliphatic rings. The zero-order valence-electron chi connectivity index (χ0n) is 16.5. The van der Waals surface area contributed by atoms with Gasteiger partial charge in [0.05, 0.1) is 37.5 Å². The molecule has 1 aromatic rings. The molecule has 1 heterocycles. The van der Waals surface area contributed by atoms with Crippen molar-refractivity contribution in [2.75, 3.05) is 37.8 Å². The van der Waals surface area contributed by atoms with Crippen molar-refractivity contribution in [2.45, 2.75) is 43.5 Å². The fourth-order valence-corrected chi connectivity index (χ4v) is 4.74. The van der Waals surface area contributed by atoms with Crippen molar-refractivity contribution in [1.82, 2.24) is 5.32 Å². The number of morpholine rings is 1. The summed E-state index contributed by atoms with van der Waals surface area (Å²) in [5.74, 6) is -0.485. The molecule has 0 aromatic heterocycles. The minimum absolute atomic E-state index is 0.0690. The monoisotopic (exact) mass is 422 g/mol. The molecule has 1 amide bonds. The summed E-state index contributed by atoms with van der Waals surface area (Å²) in [5, 5.41) is 13.0. The summed E-state index contributed by atoms with van der Waals surface area (Å²) in [6, 6.07) is 4.21. The Morgan fingerprint density at radius 2 is 2.14 bits per heavy atom. The molecule has 0 bridgehead atoms. The van der Waals surface area contributed by atoms with Crippen molar-refractivity contribution in [2.24, 2.45) is 5.92 Å². The average molecular weight is 423 g/mol. The minimum atomic E-state index is -0.554. The topological polar surface area (TPSA) is 61.8 Å². The molecular formula is C22H28ClFN2O3. The second kappa shape index (κ2) is 9.02. The van der Waals surface area contributed by atoms with Crippen LogP contribution in [0.15, 0.2) is 29.3 Å². The first-order valence-corrected chi connectivity index (χ1v) is 10.9. The van der Waals surface area contributed by atoms with Gasteiger partial charge in [-0.3, -0.25) is 4.79 Å². The van der Waals surface area contributed by atoms with E-state index in [0.29, 0.717) is 37.6 Å². The van der Waals surface area contributed by atoms with E-state index in [-0.39, 0.29) is 29.6 Å². The smallest absolute Gasteiger partial charge is 0.228 e. The molecule has 2 saturated carbocycles. The highest BCUT2D eigenvalue weighted by molar-refractivity contribution is 6.20. The number of aliphatic hydroxyl groups excluding tert-OH is 1. The molecule has 2 unspecified atom stereocenters. The number of halogens is 2. The summed E-state index contributed by atoms with van der Waals surface area (Å²) in [5.41, 5.74) is 3.76. The fourth-order valence-electron chi connectivity index (χ4n) is 4.40. The van der Waals surface area contributed by atoms with Crippen LogP contribution in [0.1, 0.15) is 43.7 Å². The minimum Gasteiger partial charge on any atom is -0.394 e. The molecule has 158 valence electrons. The van der Waals surface area contributed by atoms with Gasteiger partial charge in [0.25, 0.3) is 0 Å². The van der Waals surface area contributed by atoms with Crippen LogP contribution in [0.5, 0.6) is 0 Å². The fraction of sp³-hybridized carbons (Fsp3) is 0.591. The van der Waals surface area contributed by atoms with Gasteiger partial charge in [0.15, 0.2) is 0 Å². The van der Waals surface area contributed by atoms with Crippen molar-refractivity contribution >= 4 is 23.2 Å². The molecule has 4 rings (SSSR count). The highest BCUT2D eigenvalue weighted by Crippen LogP contribution is 2.45. The Hall–Kier alpha value is -1.63. The Morgan fingerprint density at radius 3 is 2.86 bits per heavy atom. The van der Waals surface area contributed by atoms with E-state index in [2.05, 4.69) is 5.32 Å². The van der Waals surface area contributed by atoms with Crippen LogP contribution < -0.4 is 10.2 Å². The largest absolute Gasteiger partial charge is 0.394 e. The third-order valence-electron chi connectivity index (χ3n) is 6.14. The van der Waals surface area contributed by atoms with E-state index in [1.54, 1.807) is 12.1 Å². The quantitative estimate of drug-likeness (QED) is 0.564. The Labute approximate surface area is 175 Å². The van der Waals surface area contributed by atoms with E-state index >= 15 is 0 Å². The number of amides is 1. The Balaban J connectivity index is 1.44. The van der Waals surface area contributed by atoms with Crippen molar-refractivity contribution in [3.05, 3.63) is 40.7 Å². The van der Waals surface area contributed by atoms with Crippen LogP contribution in [-0.4, -0.2) is 49.3 Å². The second-order valence-electron chi connectivity index (χ2n) is 8.13. The molecule has 0 spiro atoms. The Bertz CT molecular complexity index is 794. The predicted molar refractivity (Wildman–Crippen MR) is 111 cm³/mol. The first-order chi connectivity index (χ1) is 14.1. The predicted octanol–water partition coefficient (Wildman–Crippen LogP) is 3.31. The molecular weight excluding hydrogens is 395 g/mol. The van der Waals surface area contributed by atoms with E-state index in [1.165, 1.54) is 17.2 Å². The number of nitrogens with zero attached hydrogens (tertiary/aromatic N) is 1. The van der Waals surface area contributed by atoms with Gasteiger partial charge in [-0.05, 0) is 49.8 Å². The summed E-state index contributed by atoms with van der Waals surface area (Å²) in [7, 11) is 0. The summed E-state index contributed by atoms with van der Waals surface area (Å²) in [6.45, 7) is 2.13. The summed E-state index contributed by atoms with van der Waals surface area (Å²) < 4.78 is 19.7. The van der Waals surface area contributed by atoms with E-state index < -0.39 is 6.04 Å². The van der Waals surface area contributed by atoms with Crippen molar-refractivity contribution < 1.29 is 19.0 Å². The van der Waals surface area contributed by atoms with Crippen LogP contribution in [0.4, 0.5) is 10.1 Å². The van der Waals surface area contributed by atoms with E-state index in [1.807, 2.05) is 4.90 Å².